The number of nitro benzene ring substituents is 1. The molecular formula is C12H12ClF2NO5. The molecule has 0 fully saturated rings. The number of hydrogen-bond donors (Lipinski definition) is 0. The Labute approximate surface area is 123 Å². The van der Waals surface area contributed by atoms with E-state index in [9.17, 15) is 23.7 Å². The van der Waals surface area contributed by atoms with Crippen LogP contribution in [0.5, 0.6) is 5.75 Å². The molecule has 0 aliphatic rings. The minimum absolute atomic E-state index is 0.0669. The van der Waals surface area contributed by atoms with Crippen LogP contribution in [-0.2, 0) is 21.8 Å². The van der Waals surface area contributed by atoms with Crippen LogP contribution in [0.4, 0.5) is 14.5 Å². The minimum Gasteiger partial charge on any atom is -0.466 e. The molecule has 0 heterocycles. The summed E-state index contributed by atoms with van der Waals surface area (Å²) in [5, 5.41) is 11.0. The molecule has 0 aliphatic heterocycles. The van der Waals surface area contributed by atoms with Gasteiger partial charge in [-0.3, -0.25) is 14.9 Å². The van der Waals surface area contributed by atoms with Crippen LogP contribution in [0.25, 0.3) is 0 Å². The van der Waals surface area contributed by atoms with Crippen molar-refractivity contribution in [3.8, 4) is 5.75 Å². The summed E-state index contributed by atoms with van der Waals surface area (Å²) in [6, 6.07) is 2.25. The van der Waals surface area contributed by atoms with Crippen LogP contribution in [0.2, 0.25) is 0 Å². The van der Waals surface area contributed by atoms with Crippen LogP contribution in [0, 0.1) is 10.1 Å². The average Bonchev–Trinajstić information content (AvgIpc) is 2.39. The first kappa shape index (κ1) is 17.1. The molecule has 21 heavy (non-hydrogen) atoms. The van der Waals surface area contributed by atoms with E-state index in [1.165, 1.54) is 0 Å². The van der Waals surface area contributed by atoms with Crippen molar-refractivity contribution in [2.24, 2.45) is 0 Å². The number of benzene rings is 1. The largest absolute Gasteiger partial charge is 0.466 e. The van der Waals surface area contributed by atoms with E-state index in [0.29, 0.717) is 0 Å². The summed E-state index contributed by atoms with van der Waals surface area (Å²) >= 11 is 5.56. The Morgan fingerprint density at radius 2 is 2.14 bits per heavy atom. The molecular weight excluding hydrogens is 312 g/mol. The van der Waals surface area contributed by atoms with Crippen molar-refractivity contribution in [2.45, 2.75) is 25.8 Å². The van der Waals surface area contributed by atoms with Gasteiger partial charge in [-0.05, 0) is 18.6 Å². The number of carbonyl (C=O) groups excluding carboxylic acids is 1. The van der Waals surface area contributed by atoms with E-state index in [-0.39, 0.29) is 23.6 Å². The molecule has 0 unspecified atom stereocenters. The lowest BCUT2D eigenvalue weighted by Crippen LogP contribution is -2.13. The van der Waals surface area contributed by atoms with Gasteiger partial charge < -0.3 is 9.47 Å². The van der Waals surface area contributed by atoms with Crippen molar-refractivity contribution in [3.63, 3.8) is 0 Å². The average molecular weight is 324 g/mol. The Morgan fingerprint density at radius 1 is 1.48 bits per heavy atom. The number of halogens is 3. The highest BCUT2D eigenvalue weighted by molar-refractivity contribution is 6.17. The fourth-order valence-corrected chi connectivity index (χ4v) is 1.82. The molecule has 1 aromatic carbocycles. The summed E-state index contributed by atoms with van der Waals surface area (Å²) in [6.07, 6.45) is -0.547. The van der Waals surface area contributed by atoms with Gasteiger partial charge in [0.05, 0.1) is 23.5 Å². The molecule has 1 aromatic rings. The maximum atomic E-state index is 12.4. The number of esters is 1. The van der Waals surface area contributed by atoms with E-state index in [1.807, 2.05) is 0 Å². The summed E-state index contributed by atoms with van der Waals surface area (Å²) in [7, 11) is 0. The van der Waals surface area contributed by atoms with E-state index in [0.717, 1.165) is 12.1 Å². The fraction of sp³-hybridized carbons (Fsp3) is 0.417. The van der Waals surface area contributed by atoms with Gasteiger partial charge in [0.2, 0.25) is 0 Å². The van der Waals surface area contributed by atoms with Crippen molar-refractivity contribution in [2.75, 3.05) is 6.61 Å². The Morgan fingerprint density at radius 3 is 2.62 bits per heavy atom. The predicted octanol–water partition coefficient (Wildman–Crippen LogP) is 3.04. The van der Waals surface area contributed by atoms with E-state index < -0.39 is 35.4 Å². The van der Waals surface area contributed by atoms with Gasteiger partial charge >= 0.3 is 12.6 Å². The summed E-state index contributed by atoms with van der Waals surface area (Å²) < 4.78 is 33.7. The van der Waals surface area contributed by atoms with Gasteiger partial charge in [-0.1, -0.05) is 0 Å². The topological polar surface area (TPSA) is 78.7 Å². The molecule has 9 heteroatoms. The second-order valence-corrected chi connectivity index (χ2v) is 4.11. The van der Waals surface area contributed by atoms with Gasteiger partial charge in [-0.2, -0.15) is 8.78 Å². The molecule has 0 aromatic heterocycles. The molecule has 0 bridgehead atoms. The summed E-state index contributed by atoms with van der Waals surface area (Å²) in [5.74, 6) is -1.36. The van der Waals surface area contributed by atoms with Gasteiger partial charge in [0.1, 0.15) is 5.75 Å². The zero-order valence-corrected chi connectivity index (χ0v) is 11.7. The Kier molecular flexibility index (Phi) is 6.29. The third kappa shape index (κ3) is 4.82. The molecule has 0 spiro atoms. The van der Waals surface area contributed by atoms with Gasteiger partial charge in [0, 0.05) is 11.9 Å². The normalized spacial score (nSPS) is 10.5. The lowest BCUT2D eigenvalue weighted by molar-refractivity contribution is -0.385. The standard InChI is InChI=1S/C12H12ClF2NO5/c1-2-20-11(17)5-8-9(16(18)19)3-7(6-13)4-10(8)21-12(14)15/h3-4,12H,2,5-6H2,1H3. The molecule has 0 aliphatic carbocycles. The molecule has 6 nitrogen and oxygen atoms in total. The molecule has 0 radical (unpaired) electrons. The third-order valence-electron chi connectivity index (χ3n) is 2.44. The molecule has 0 saturated heterocycles. The van der Waals surface area contributed by atoms with Crippen LogP contribution in [0.1, 0.15) is 18.1 Å². The minimum atomic E-state index is -3.18. The van der Waals surface area contributed by atoms with E-state index in [4.69, 9.17) is 11.6 Å². The van der Waals surface area contributed by atoms with Crippen molar-refractivity contribution >= 4 is 23.3 Å². The Hall–Kier alpha value is -1.96. The summed E-state index contributed by atoms with van der Waals surface area (Å²) in [6.45, 7) is -1.56. The number of hydrogen-bond acceptors (Lipinski definition) is 5. The van der Waals surface area contributed by atoms with Gasteiger partial charge in [0.25, 0.3) is 5.69 Å². The summed E-state index contributed by atoms with van der Waals surface area (Å²) in [5.41, 5.74) is -0.559. The number of ether oxygens (including phenoxy) is 2. The third-order valence-corrected chi connectivity index (χ3v) is 2.75. The highest BCUT2D eigenvalue weighted by atomic mass is 35.5. The lowest BCUT2D eigenvalue weighted by atomic mass is 10.1. The number of alkyl halides is 3. The highest BCUT2D eigenvalue weighted by Crippen LogP contribution is 2.33. The zero-order valence-electron chi connectivity index (χ0n) is 11.0. The van der Waals surface area contributed by atoms with Gasteiger partial charge in [-0.25, -0.2) is 0 Å². The van der Waals surface area contributed by atoms with E-state index in [2.05, 4.69) is 9.47 Å². The van der Waals surface area contributed by atoms with Gasteiger partial charge in [-0.15, -0.1) is 11.6 Å². The first-order valence-corrected chi connectivity index (χ1v) is 6.39. The molecule has 116 valence electrons. The van der Waals surface area contributed by atoms with Crippen LogP contribution in [0.3, 0.4) is 0 Å². The lowest BCUT2D eigenvalue weighted by Gasteiger charge is -2.12. The number of carbonyl (C=O) groups is 1. The van der Waals surface area contributed by atoms with E-state index in [1.54, 1.807) is 6.92 Å². The summed E-state index contributed by atoms with van der Waals surface area (Å²) in [4.78, 5) is 21.7. The number of rotatable bonds is 7. The fourth-order valence-electron chi connectivity index (χ4n) is 1.66. The first-order chi connectivity index (χ1) is 9.88. The maximum absolute atomic E-state index is 12.4. The van der Waals surface area contributed by atoms with Gasteiger partial charge in [0.15, 0.2) is 0 Å². The zero-order chi connectivity index (χ0) is 16.0. The Balaban J connectivity index is 3.32. The monoisotopic (exact) mass is 323 g/mol. The quantitative estimate of drug-likeness (QED) is 0.333. The van der Waals surface area contributed by atoms with Crippen molar-refractivity contribution in [3.05, 3.63) is 33.4 Å². The first-order valence-electron chi connectivity index (χ1n) is 5.85. The van der Waals surface area contributed by atoms with Crippen molar-refractivity contribution in [1.29, 1.82) is 0 Å². The second-order valence-electron chi connectivity index (χ2n) is 3.84. The van der Waals surface area contributed by atoms with Crippen molar-refractivity contribution in [1.82, 2.24) is 0 Å². The second kappa shape index (κ2) is 7.72. The molecule has 1 rings (SSSR count). The number of nitrogens with zero attached hydrogens (tertiary/aromatic N) is 1. The Bertz CT molecular complexity index is 539. The number of nitro groups is 1. The molecule has 0 amide bonds. The highest BCUT2D eigenvalue weighted by Gasteiger charge is 2.25. The molecule has 0 saturated carbocycles. The SMILES string of the molecule is CCOC(=O)Cc1c(OC(F)F)cc(CCl)cc1[N+](=O)[O-]. The van der Waals surface area contributed by atoms with Crippen LogP contribution < -0.4 is 4.74 Å². The molecule has 0 N–H and O–H groups in total. The smallest absolute Gasteiger partial charge is 0.387 e. The molecule has 0 atom stereocenters. The van der Waals surface area contributed by atoms with Crippen LogP contribution in [-0.4, -0.2) is 24.1 Å². The van der Waals surface area contributed by atoms with Crippen LogP contribution in [0.15, 0.2) is 12.1 Å². The maximum Gasteiger partial charge on any atom is 0.387 e. The van der Waals surface area contributed by atoms with Crippen molar-refractivity contribution < 1.29 is 28.0 Å². The van der Waals surface area contributed by atoms with E-state index >= 15 is 0 Å². The van der Waals surface area contributed by atoms with Crippen LogP contribution >= 0.6 is 11.6 Å². The predicted molar refractivity (Wildman–Crippen MR) is 69.6 cm³/mol.